The van der Waals surface area contributed by atoms with Gasteiger partial charge in [0.25, 0.3) is 5.60 Å². The van der Waals surface area contributed by atoms with Crippen molar-refractivity contribution in [3.63, 3.8) is 0 Å². The summed E-state index contributed by atoms with van der Waals surface area (Å²) in [5, 5.41) is 7.50. The molecule has 10 heteroatoms. The lowest BCUT2D eigenvalue weighted by Crippen LogP contribution is -2.55. The highest BCUT2D eigenvalue weighted by molar-refractivity contribution is 5.30. The third-order valence-electron chi connectivity index (χ3n) is 3.46. The van der Waals surface area contributed by atoms with Crippen molar-refractivity contribution < 1.29 is 31.1 Å². The lowest BCUT2D eigenvalue weighted by molar-refractivity contribution is -0.383. The number of hydrogen-bond acceptors (Lipinski definition) is 3. The van der Waals surface area contributed by atoms with Gasteiger partial charge < -0.3 is 4.74 Å². The van der Waals surface area contributed by atoms with E-state index in [1.54, 1.807) is 13.1 Å². The van der Waals surface area contributed by atoms with Crippen molar-refractivity contribution in [1.82, 2.24) is 15.0 Å². The smallest absolute Gasteiger partial charge is 0.357 e. The molecule has 0 N–H and O–H groups in total. The second-order valence-corrected chi connectivity index (χ2v) is 5.14. The van der Waals surface area contributed by atoms with Crippen LogP contribution in [0.15, 0.2) is 30.5 Å². The third-order valence-corrected chi connectivity index (χ3v) is 3.46. The molecule has 2 rings (SSSR count). The highest BCUT2D eigenvalue weighted by Gasteiger charge is 2.72. The van der Waals surface area contributed by atoms with Crippen LogP contribution in [0.4, 0.5) is 26.3 Å². The highest BCUT2D eigenvalue weighted by Crippen LogP contribution is 2.52. The van der Waals surface area contributed by atoms with E-state index in [0.717, 1.165) is 24.3 Å². The Kier molecular flexibility index (Phi) is 4.62. The number of alkyl halides is 6. The van der Waals surface area contributed by atoms with Gasteiger partial charge in [-0.2, -0.15) is 26.3 Å². The average molecular weight is 353 g/mol. The Hall–Kier alpha value is -2.10. The lowest BCUT2D eigenvalue weighted by atomic mass is 9.91. The summed E-state index contributed by atoms with van der Waals surface area (Å²) in [5.41, 5.74) is -4.30. The summed E-state index contributed by atoms with van der Waals surface area (Å²) in [7, 11) is 0.382. The number of benzene rings is 1. The third kappa shape index (κ3) is 3.10. The van der Waals surface area contributed by atoms with E-state index < -0.39 is 23.5 Å². The SMILES string of the molecule is COC(c1ccc(Cn2cc(C)nn2)cc1)(C(F)(F)F)C(F)(F)F. The van der Waals surface area contributed by atoms with Crippen molar-refractivity contribution in [3.05, 3.63) is 47.3 Å². The summed E-state index contributed by atoms with van der Waals surface area (Å²) in [6.45, 7) is 1.87. The summed E-state index contributed by atoms with van der Waals surface area (Å²) < 4.78 is 84.2. The molecule has 0 saturated carbocycles. The van der Waals surface area contributed by atoms with E-state index in [1.165, 1.54) is 4.68 Å². The Morgan fingerprint density at radius 1 is 1.00 bits per heavy atom. The van der Waals surface area contributed by atoms with Crippen LogP contribution in [0.2, 0.25) is 0 Å². The van der Waals surface area contributed by atoms with Crippen LogP contribution in [0.3, 0.4) is 0 Å². The molecule has 4 nitrogen and oxygen atoms in total. The largest absolute Gasteiger partial charge is 0.430 e. The molecule has 0 bridgehead atoms. The molecular formula is C14H13F6N3O. The Labute approximate surface area is 133 Å². The fraction of sp³-hybridized carbons (Fsp3) is 0.429. The van der Waals surface area contributed by atoms with Gasteiger partial charge >= 0.3 is 12.4 Å². The minimum Gasteiger partial charge on any atom is -0.357 e. The molecule has 0 amide bonds. The standard InChI is InChI=1S/C14H13F6N3O/c1-9-7-23(22-21-9)8-10-3-5-11(6-4-10)12(24-2,13(15,16)17)14(18,19)20/h3-7H,8H2,1-2H3. The van der Waals surface area contributed by atoms with Gasteiger partial charge in [-0.15, -0.1) is 5.10 Å². The van der Waals surface area contributed by atoms with Gasteiger partial charge in [-0.3, -0.25) is 0 Å². The molecule has 0 spiro atoms. The van der Waals surface area contributed by atoms with Crippen molar-refractivity contribution in [2.45, 2.75) is 31.4 Å². The van der Waals surface area contributed by atoms with Crippen LogP contribution in [-0.4, -0.2) is 34.5 Å². The fourth-order valence-corrected chi connectivity index (χ4v) is 2.34. The molecule has 1 aromatic heterocycles. The van der Waals surface area contributed by atoms with E-state index in [0.29, 0.717) is 18.4 Å². The molecule has 0 aliphatic heterocycles. The van der Waals surface area contributed by atoms with Gasteiger partial charge in [-0.1, -0.05) is 29.5 Å². The molecule has 0 radical (unpaired) electrons. The molecule has 0 aliphatic carbocycles. The molecule has 1 heterocycles. The molecule has 0 saturated heterocycles. The fourth-order valence-electron chi connectivity index (χ4n) is 2.34. The van der Waals surface area contributed by atoms with Crippen LogP contribution in [0, 0.1) is 6.92 Å². The molecule has 0 fully saturated rings. The predicted octanol–water partition coefficient (Wildman–Crippen LogP) is 3.60. The van der Waals surface area contributed by atoms with Crippen LogP contribution in [0.5, 0.6) is 0 Å². The molecular weight excluding hydrogens is 340 g/mol. The first kappa shape index (κ1) is 18.2. The number of methoxy groups -OCH3 is 1. The van der Waals surface area contributed by atoms with Crippen LogP contribution >= 0.6 is 0 Å². The Morgan fingerprint density at radius 3 is 1.92 bits per heavy atom. The van der Waals surface area contributed by atoms with E-state index >= 15 is 0 Å². The molecule has 0 aliphatic rings. The van der Waals surface area contributed by atoms with Crippen molar-refractivity contribution in [1.29, 1.82) is 0 Å². The van der Waals surface area contributed by atoms with E-state index in [-0.39, 0.29) is 6.54 Å². The number of hydrogen-bond donors (Lipinski definition) is 0. The zero-order valence-corrected chi connectivity index (χ0v) is 12.6. The average Bonchev–Trinajstić information content (AvgIpc) is 2.84. The first-order valence-electron chi connectivity index (χ1n) is 6.66. The van der Waals surface area contributed by atoms with Gasteiger partial charge in [0.1, 0.15) is 0 Å². The molecule has 0 atom stereocenters. The molecule has 24 heavy (non-hydrogen) atoms. The normalized spacial score (nSPS) is 13.3. The lowest BCUT2D eigenvalue weighted by Gasteiger charge is -2.36. The number of aromatic nitrogens is 3. The quantitative estimate of drug-likeness (QED) is 0.789. The number of ether oxygens (including phenoxy) is 1. The van der Waals surface area contributed by atoms with Crippen LogP contribution in [0.25, 0.3) is 0 Å². The monoisotopic (exact) mass is 353 g/mol. The zero-order chi connectivity index (χ0) is 18.2. The Morgan fingerprint density at radius 2 is 1.54 bits per heavy atom. The van der Waals surface area contributed by atoms with Crippen molar-refractivity contribution in [2.24, 2.45) is 0 Å². The highest BCUT2D eigenvalue weighted by atomic mass is 19.4. The summed E-state index contributed by atoms with van der Waals surface area (Å²) in [5.74, 6) is 0. The van der Waals surface area contributed by atoms with Gasteiger partial charge in [0.2, 0.25) is 0 Å². The van der Waals surface area contributed by atoms with Gasteiger partial charge in [0, 0.05) is 18.9 Å². The molecule has 132 valence electrons. The van der Waals surface area contributed by atoms with Crippen LogP contribution < -0.4 is 0 Å². The van der Waals surface area contributed by atoms with Gasteiger partial charge in [0.05, 0.1) is 12.2 Å². The maximum absolute atomic E-state index is 13.1. The summed E-state index contributed by atoms with van der Waals surface area (Å²) >= 11 is 0. The van der Waals surface area contributed by atoms with E-state index in [9.17, 15) is 26.3 Å². The van der Waals surface area contributed by atoms with Crippen LogP contribution in [0.1, 0.15) is 16.8 Å². The second-order valence-electron chi connectivity index (χ2n) is 5.14. The van der Waals surface area contributed by atoms with E-state index in [2.05, 4.69) is 15.0 Å². The Balaban J connectivity index is 2.39. The first-order valence-corrected chi connectivity index (χ1v) is 6.66. The van der Waals surface area contributed by atoms with Crippen molar-refractivity contribution >= 4 is 0 Å². The maximum atomic E-state index is 13.1. The van der Waals surface area contributed by atoms with Gasteiger partial charge in [-0.05, 0) is 12.5 Å². The van der Waals surface area contributed by atoms with E-state index in [1.807, 2.05) is 0 Å². The number of rotatable bonds is 4. The van der Waals surface area contributed by atoms with Gasteiger partial charge in [0.15, 0.2) is 0 Å². The van der Waals surface area contributed by atoms with Crippen molar-refractivity contribution in [3.8, 4) is 0 Å². The van der Waals surface area contributed by atoms with Crippen LogP contribution in [-0.2, 0) is 16.9 Å². The molecule has 1 aromatic carbocycles. The minimum atomic E-state index is -5.66. The van der Waals surface area contributed by atoms with Crippen molar-refractivity contribution in [2.75, 3.05) is 7.11 Å². The topological polar surface area (TPSA) is 39.9 Å². The summed E-state index contributed by atoms with van der Waals surface area (Å²) in [4.78, 5) is 0. The number of nitrogens with zero attached hydrogens (tertiary/aromatic N) is 3. The first-order chi connectivity index (χ1) is 11.0. The number of aryl methyl sites for hydroxylation is 1. The predicted molar refractivity (Wildman–Crippen MR) is 71.1 cm³/mol. The second kappa shape index (κ2) is 6.08. The zero-order valence-electron chi connectivity index (χ0n) is 12.6. The maximum Gasteiger partial charge on any atom is 0.430 e. The molecule has 2 aromatic rings. The van der Waals surface area contributed by atoms with E-state index in [4.69, 9.17) is 0 Å². The molecule has 0 unspecified atom stereocenters. The Bertz CT molecular complexity index is 676. The summed E-state index contributed by atoms with van der Waals surface area (Å²) in [6, 6.07) is 3.84. The number of halogens is 6. The van der Waals surface area contributed by atoms with Gasteiger partial charge in [-0.25, -0.2) is 4.68 Å². The summed E-state index contributed by atoms with van der Waals surface area (Å²) in [6.07, 6.45) is -9.73. The minimum absolute atomic E-state index is 0.166.